The molecular weight excluding hydrogens is 677 g/mol. The Balaban J connectivity index is 1.17. The van der Waals surface area contributed by atoms with Gasteiger partial charge < -0.3 is 19.8 Å². The molecule has 0 atom stereocenters. The van der Waals surface area contributed by atoms with Crippen LogP contribution in [0.15, 0.2) is 125 Å². The second-order valence-corrected chi connectivity index (χ2v) is 12.1. The molecule has 8 rings (SSSR count). The Morgan fingerprint density at radius 2 is 1.70 bits per heavy atom. The standard InChI is InChI=1S/C39H30FN9O4/c1-41-27-8-6-7-23(19-27)32-33-37(45-35(31-9-4-5-18-42-31)46-38(33)53-34(32)24-20-43-47(2)21-24)52-29-16-12-26(13-17-29)44-36(50)30-22-48(3)49(39(30)51)28-14-10-25(40)11-15-28/h4-22,41H,1-3H3,(H,44,50). The molecule has 3 aromatic carbocycles. The number of carbonyl (C=O) groups is 1. The summed E-state index contributed by atoms with van der Waals surface area (Å²) in [5.74, 6) is 0.434. The smallest absolute Gasteiger partial charge is 0.284 e. The number of carbonyl (C=O) groups excluding carboxylic acids is 1. The molecule has 0 bridgehead atoms. The van der Waals surface area contributed by atoms with Crippen molar-refractivity contribution in [3.8, 4) is 51.3 Å². The maximum absolute atomic E-state index is 13.5. The highest BCUT2D eigenvalue weighted by molar-refractivity contribution is 6.05. The summed E-state index contributed by atoms with van der Waals surface area (Å²) < 4.78 is 30.9. The van der Waals surface area contributed by atoms with Gasteiger partial charge in [-0.3, -0.25) is 23.9 Å². The summed E-state index contributed by atoms with van der Waals surface area (Å²) >= 11 is 0. The first-order chi connectivity index (χ1) is 25.7. The summed E-state index contributed by atoms with van der Waals surface area (Å²) in [7, 11) is 5.30. The van der Waals surface area contributed by atoms with E-state index in [2.05, 4.69) is 20.7 Å². The van der Waals surface area contributed by atoms with Gasteiger partial charge in [-0.15, -0.1) is 0 Å². The van der Waals surface area contributed by atoms with Crippen LogP contribution in [0.3, 0.4) is 0 Å². The number of rotatable bonds is 9. The molecule has 0 radical (unpaired) electrons. The van der Waals surface area contributed by atoms with Gasteiger partial charge in [0.25, 0.3) is 11.5 Å². The van der Waals surface area contributed by atoms with Gasteiger partial charge in [0, 0.05) is 56.7 Å². The van der Waals surface area contributed by atoms with Crippen molar-refractivity contribution in [2.75, 3.05) is 17.7 Å². The van der Waals surface area contributed by atoms with Crippen LogP contribution in [0.4, 0.5) is 15.8 Å². The number of amides is 1. The Morgan fingerprint density at radius 3 is 2.42 bits per heavy atom. The van der Waals surface area contributed by atoms with Gasteiger partial charge in [0.05, 0.1) is 17.4 Å². The maximum atomic E-state index is 13.5. The number of hydrogen-bond donors (Lipinski definition) is 2. The SMILES string of the molecule is CNc1cccc(-c2c(-c3cnn(C)c3)oc3nc(-c4ccccn4)nc(Oc4ccc(NC(=O)c5cn(C)n(-c6ccc(F)cc6)c5=O)cc4)c23)c1. The van der Waals surface area contributed by atoms with Gasteiger partial charge in [-0.05, 0) is 78.4 Å². The van der Waals surface area contributed by atoms with E-state index in [9.17, 15) is 14.0 Å². The zero-order valence-electron chi connectivity index (χ0n) is 28.6. The third-order valence-electron chi connectivity index (χ3n) is 8.52. The minimum absolute atomic E-state index is 0.0816. The number of aromatic nitrogens is 7. The highest BCUT2D eigenvalue weighted by atomic mass is 19.1. The topological polar surface area (TPSA) is 147 Å². The van der Waals surface area contributed by atoms with Crippen LogP contribution in [0, 0.1) is 5.82 Å². The number of furan rings is 1. The van der Waals surface area contributed by atoms with Crippen molar-refractivity contribution in [1.29, 1.82) is 0 Å². The molecule has 14 heteroatoms. The van der Waals surface area contributed by atoms with E-state index >= 15 is 0 Å². The molecule has 5 heterocycles. The van der Waals surface area contributed by atoms with Crippen LogP contribution >= 0.6 is 0 Å². The van der Waals surface area contributed by atoms with Gasteiger partial charge in [0.1, 0.15) is 34.0 Å². The highest BCUT2D eigenvalue weighted by Crippen LogP contribution is 2.45. The molecule has 0 unspecified atom stereocenters. The molecule has 262 valence electrons. The van der Waals surface area contributed by atoms with Crippen molar-refractivity contribution in [2.24, 2.45) is 14.1 Å². The quantitative estimate of drug-likeness (QED) is 0.161. The summed E-state index contributed by atoms with van der Waals surface area (Å²) in [6.07, 6.45) is 6.66. The molecule has 13 nitrogen and oxygen atoms in total. The molecule has 0 saturated heterocycles. The van der Waals surface area contributed by atoms with E-state index < -0.39 is 17.3 Å². The van der Waals surface area contributed by atoms with Gasteiger partial charge in [0.15, 0.2) is 5.82 Å². The third kappa shape index (κ3) is 6.29. The van der Waals surface area contributed by atoms with Gasteiger partial charge in [-0.2, -0.15) is 15.1 Å². The average Bonchev–Trinajstić information content (AvgIpc) is 3.87. The van der Waals surface area contributed by atoms with E-state index in [0.29, 0.717) is 45.4 Å². The zero-order valence-corrected chi connectivity index (χ0v) is 28.6. The Hall–Kier alpha value is -7.35. The number of anilines is 2. The number of pyridine rings is 1. The average molecular weight is 708 g/mol. The molecule has 0 spiro atoms. The minimum Gasteiger partial charge on any atom is -0.438 e. The fourth-order valence-electron chi connectivity index (χ4n) is 6.01. The number of benzene rings is 3. The van der Waals surface area contributed by atoms with Crippen molar-refractivity contribution < 1.29 is 18.3 Å². The van der Waals surface area contributed by atoms with Crippen molar-refractivity contribution in [2.45, 2.75) is 0 Å². The summed E-state index contributed by atoms with van der Waals surface area (Å²) in [6, 6.07) is 25.4. The van der Waals surface area contributed by atoms with Crippen LogP contribution in [0.2, 0.25) is 0 Å². The number of nitrogens with zero attached hydrogens (tertiary/aromatic N) is 7. The van der Waals surface area contributed by atoms with E-state index in [1.807, 2.05) is 50.6 Å². The monoisotopic (exact) mass is 707 g/mol. The number of nitrogens with one attached hydrogen (secondary N) is 2. The lowest BCUT2D eigenvalue weighted by Gasteiger charge is -2.11. The van der Waals surface area contributed by atoms with Gasteiger partial charge in [-0.25, -0.2) is 9.07 Å². The van der Waals surface area contributed by atoms with Crippen LogP contribution in [-0.2, 0) is 14.1 Å². The number of fused-ring (bicyclic) bond motifs is 1. The van der Waals surface area contributed by atoms with Crippen molar-refractivity contribution >= 4 is 28.4 Å². The predicted octanol–water partition coefficient (Wildman–Crippen LogP) is 7.07. The fourth-order valence-corrected chi connectivity index (χ4v) is 6.01. The number of ether oxygens (including phenoxy) is 1. The predicted molar refractivity (Wildman–Crippen MR) is 198 cm³/mol. The van der Waals surface area contributed by atoms with Crippen molar-refractivity contribution in [1.82, 2.24) is 34.1 Å². The lowest BCUT2D eigenvalue weighted by atomic mass is 10.0. The Labute approximate surface area is 300 Å². The number of hydrogen-bond acceptors (Lipinski definition) is 9. The van der Waals surface area contributed by atoms with Crippen LogP contribution in [-0.4, -0.2) is 47.1 Å². The first-order valence-electron chi connectivity index (χ1n) is 16.4. The van der Waals surface area contributed by atoms with Crippen LogP contribution < -0.4 is 20.9 Å². The third-order valence-corrected chi connectivity index (χ3v) is 8.52. The molecule has 0 aliphatic carbocycles. The number of aryl methyl sites for hydroxylation is 2. The Morgan fingerprint density at radius 1 is 0.887 bits per heavy atom. The van der Waals surface area contributed by atoms with E-state index in [4.69, 9.17) is 19.1 Å². The van der Waals surface area contributed by atoms with Crippen LogP contribution in [0.25, 0.3) is 50.8 Å². The second kappa shape index (κ2) is 13.4. The molecule has 0 aliphatic heterocycles. The molecule has 0 fully saturated rings. The summed E-state index contributed by atoms with van der Waals surface area (Å²) in [5, 5.41) is 10.9. The highest BCUT2D eigenvalue weighted by Gasteiger charge is 2.26. The zero-order chi connectivity index (χ0) is 36.6. The summed E-state index contributed by atoms with van der Waals surface area (Å²) in [4.78, 5) is 40.5. The Kier molecular flexibility index (Phi) is 8.31. The minimum atomic E-state index is -0.604. The maximum Gasteiger partial charge on any atom is 0.284 e. The summed E-state index contributed by atoms with van der Waals surface area (Å²) in [5.41, 5.74) is 4.22. The van der Waals surface area contributed by atoms with E-state index in [0.717, 1.165) is 16.8 Å². The van der Waals surface area contributed by atoms with Crippen LogP contribution in [0.1, 0.15) is 10.4 Å². The number of halogens is 1. The fraction of sp³-hybridized carbons (Fsp3) is 0.0769. The van der Waals surface area contributed by atoms with Gasteiger partial charge in [0.2, 0.25) is 11.6 Å². The van der Waals surface area contributed by atoms with Crippen LogP contribution in [0.5, 0.6) is 11.6 Å². The normalized spacial score (nSPS) is 11.2. The van der Waals surface area contributed by atoms with Crippen molar-refractivity contribution in [3.63, 3.8) is 0 Å². The van der Waals surface area contributed by atoms with Crippen molar-refractivity contribution in [3.05, 3.63) is 138 Å². The lowest BCUT2D eigenvalue weighted by molar-refractivity contribution is 0.102. The molecule has 53 heavy (non-hydrogen) atoms. The van der Waals surface area contributed by atoms with E-state index in [-0.39, 0.29) is 17.2 Å². The van der Waals surface area contributed by atoms with E-state index in [1.165, 1.54) is 39.8 Å². The molecular formula is C39H30FN9O4. The molecule has 2 N–H and O–H groups in total. The molecule has 8 aromatic rings. The summed E-state index contributed by atoms with van der Waals surface area (Å²) in [6.45, 7) is 0. The van der Waals surface area contributed by atoms with E-state index in [1.54, 1.807) is 60.5 Å². The second-order valence-electron chi connectivity index (χ2n) is 12.1. The lowest BCUT2D eigenvalue weighted by Crippen LogP contribution is -2.25. The first kappa shape index (κ1) is 32.8. The first-order valence-corrected chi connectivity index (χ1v) is 16.4. The molecule has 0 aliphatic rings. The Bertz CT molecular complexity index is 2680. The molecule has 5 aromatic heterocycles. The molecule has 1 amide bonds. The largest absolute Gasteiger partial charge is 0.438 e. The van der Waals surface area contributed by atoms with Gasteiger partial charge >= 0.3 is 0 Å². The van der Waals surface area contributed by atoms with Gasteiger partial charge in [-0.1, -0.05) is 18.2 Å². The molecule has 0 saturated carbocycles.